The van der Waals surface area contributed by atoms with Crippen LogP contribution >= 0.6 is 0 Å². The zero-order chi connectivity index (χ0) is 16.4. The number of halogens is 1. The Kier molecular flexibility index (Phi) is 3.57. The Hall–Kier alpha value is -3.53. The number of aromatic nitrogens is 3. The highest BCUT2D eigenvalue weighted by Gasteiger charge is 2.13. The molecule has 3 rings (SSSR count). The van der Waals surface area contributed by atoms with Gasteiger partial charge < -0.3 is 5.73 Å². The highest BCUT2D eigenvalue weighted by Crippen LogP contribution is 2.25. The Balaban J connectivity index is 2.08. The predicted molar refractivity (Wildman–Crippen MR) is 80.0 cm³/mol. The minimum absolute atomic E-state index is 0.0590. The quantitative estimate of drug-likeness (QED) is 0.800. The Morgan fingerprint density at radius 3 is 2.65 bits per heavy atom. The molecule has 2 heterocycles. The number of carbonyl (C=O) groups excluding carboxylic acids is 1. The van der Waals surface area contributed by atoms with Crippen LogP contribution in [0.2, 0.25) is 0 Å². The number of nitriles is 1. The van der Waals surface area contributed by atoms with Crippen LogP contribution in [0.25, 0.3) is 16.9 Å². The molecule has 112 valence electrons. The zero-order valence-corrected chi connectivity index (χ0v) is 11.8. The molecule has 0 saturated heterocycles. The maximum Gasteiger partial charge on any atom is 0.251 e. The first-order valence-corrected chi connectivity index (χ1v) is 6.61. The maximum atomic E-state index is 13.9. The Labute approximate surface area is 130 Å². The summed E-state index contributed by atoms with van der Waals surface area (Å²) in [6.45, 7) is 0. The number of nitrogens with two attached hydrogens (primary N) is 1. The normalized spacial score (nSPS) is 10.3. The highest BCUT2D eigenvalue weighted by atomic mass is 19.1. The van der Waals surface area contributed by atoms with Crippen LogP contribution in [0.4, 0.5) is 4.39 Å². The molecular formula is C16H10FN5O. The van der Waals surface area contributed by atoms with Crippen molar-refractivity contribution in [1.82, 2.24) is 14.8 Å². The van der Waals surface area contributed by atoms with E-state index in [1.807, 2.05) is 6.07 Å². The summed E-state index contributed by atoms with van der Waals surface area (Å²) in [4.78, 5) is 15.3. The number of carbonyl (C=O) groups is 1. The molecule has 23 heavy (non-hydrogen) atoms. The number of rotatable bonds is 3. The number of pyridine rings is 1. The molecule has 0 aliphatic heterocycles. The summed E-state index contributed by atoms with van der Waals surface area (Å²) in [6.07, 6.45) is 2.72. The number of amides is 1. The summed E-state index contributed by atoms with van der Waals surface area (Å²) >= 11 is 0. The second-order valence-electron chi connectivity index (χ2n) is 4.70. The average molecular weight is 307 g/mol. The number of hydrogen-bond donors (Lipinski definition) is 1. The highest BCUT2D eigenvalue weighted by molar-refractivity contribution is 5.92. The number of primary amides is 1. The number of hydrogen-bond acceptors (Lipinski definition) is 4. The van der Waals surface area contributed by atoms with Gasteiger partial charge in [-0.05, 0) is 18.2 Å². The van der Waals surface area contributed by atoms with Gasteiger partial charge in [-0.15, -0.1) is 0 Å². The van der Waals surface area contributed by atoms with Gasteiger partial charge in [0.2, 0.25) is 0 Å². The fourth-order valence-corrected chi connectivity index (χ4v) is 2.13. The maximum absolute atomic E-state index is 13.9. The van der Waals surface area contributed by atoms with Crippen molar-refractivity contribution >= 4 is 5.91 Å². The van der Waals surface area contributed by atoms with Crippen LogP contribution in [-0.2, 0) is 0 Å². The number of benzene rings is 1. The Morgan fingerprint density at radius 1 is 1.22 bits per heavy atom. The molecule has 6 nitrogen and oxygen atoms in total. The van der Waals surface area contributed by atoms with E-state index < -0.39 is 11.7 Å². The van der Waals surface area contributed by atoms with E-state index in [2.05, 4.69) is 10.1 Å². The predicted octanol–water partition coefficient (Wildman–Crippen LogP) is 2.04. The van der Waals surface area contributed by atoms with E-state index in [0.29, 0.717) is 16.9 Å². The molecule has 0 saturated carbocycles. The van der Waals surface area contributed by atoms with Crippen molar-refractivity contribution in [3.8, 4) is 23.0 Å². The molecular weight excluding hydrogens is 297 g/mol. The first-order valence-electron chi connectivity index (χ1n) is 6.61. The van der Waals surface area contributed by atoms with Gasteiger partial charge in [0.25, 0.3) is 5.91 Å². The van der Waals surface area contributed by atoms with Crippen LogP contribution < -0.4 is 5.73 Å². The molecule has 2 N–H and O–H groups in total. The zero-order valence-electron chi connectivity index (χ0n) is 11.8. The second-order valence-corrected chi connectivity index (χ2v) is 4.70. The van der Waals surface area contributed by atoms with Crippen LogP contribution in [0.3, 0.4) is 0 Å². The van der Waals surface area contributed by atoms with Crippen LogP contribution in [0.15, 0.2) is 48.8 Å². The van der Waals surface area contributed by atoms with Crippen LogP contribution in [-0.4, -0.2) is 20.7 Å². The molecule has 0 aliphatic rings. The lowest BCUT2D eigenvalue weighted by molar-refractivity contribution is 0.100. The lowest BCUT2D eigenvalue weighted by Gasteiger charge is -2.07. The molecule has 1 aromatic carbocycles. The van der Waals surface area contributed by atoms with Crippen molar-refractivity contribution in [1.29, 1.82) is 5.26 Å². The third-order valence-corrected chi connectivity index (χ3v) is 3.25. The largest absolute Gasteiger partial charge is 0.366 e. The summed E-state index contributed by atoms with van der Waals surface area (Å²) < 4.78 is 15.2. The molecule has 7 heteroatoms. The molecule has 2 aromatic heterocycles. The van der Waals surface area contributed by atoms with Gasteiger partial charge in [-0.25, -0.2) is 14.1 Å². The first-order chi connectivity index (χ1) is 11.1. The second kappa shape index (κ2) is 5.69. The van der Waals surface area contributed by atoms with Crippen molar-refractivity contribution < 1.29 is 9.18 Å². The summed E-state index contributed by atoms with van der Waals surface area (Å²) in [5, 5.41) is 13.3. The third kappa shape index (κ3) is 2.65. The van der Waals surface area contributed by atoms with E-state index >= 15 is 0 Å². The smallest absolute Gasteiger partial charge is 0.251 e. The van der Waals surface area contributed by atoms with Crippen molar-refractivity contribution in [2.45, 2.75) is 0 Å². The minimum Gasteiger partial charge on any atom is -0.366 e. The van der Waals surface area contributed by atoms with Crippen LogP contribution in [0.1, 0.15) is 16.1 Å². The fraction of sp³-hybridized carbons (Fsp3) is 0. The van der Waals surface area contributed by atoms with E-state index in [1.165, 1.54) is 23.1 Å². The van der Waals surface area contributed by atoms with Crippen LogP contribution in [0, 0.1) is 17.1 Å². The topological polar surface area (TPSA) is 97.6 Å². The molecule has 0 aliphatic carbocycles. The fourth-order valence-electron chi connectivity index (χ4n) is 2.13. The van der Waals surface area contributed by atoms with Gasteiger partial charge in [0, 0.05) is 17.3 Å². The molecule has 0 atom stereocenters. The first kappa shape index (κ1) is 14.4. The van der Waals surface area contributed by atoms with E-state index in [9.17, 15) is 14.4 Å². The summed E-state index contributed by atoms with van der Waals surface area (Å²) in [6, 6.07) is 11.3. The Morgan fingerprint density at radius 2 is 2.00 bits per heavy atom. The van der Waals surface area contributed by atoms with Gasteiger partial charge in [-0.2, -0.15) is 10.4 Å². The summed E-state index contributed by atoms with van der Waals surface area (Å²) in [7, 11) is 0. The van der Waals surface area contributed by atoms with Crippen LogP contribution in [0.5, 0.6) is 0 Å². The molecule has 1 amide bonds. The minimum atomic E-state index is -0.611. The van der Waals surface area contributed by atoms with Gasteiger partial charge >= 0.3 is 0 Å². The van der Waals surface area contributed by atoms with E-state index in [0.717, 1.165) is 0 Å². The SMILES string of the molecule is N#Cc1nc(-n2cc(C(N)=O)cn2)ccc1-c1ccccc1F. The van der Waals surface area contributed by atoms with Gasteiger partial charge in [0.15, 0.2) is 11.5 Å². The molecule has 3 aromatic rings. The van der Waals surface area contributed by atoms with E-state index in [-0.39, 0.29) is 11.3 Å². The summed E-state index contributed by atoms with van der Waals surface area (Å²) in [5.41, 5.74) is 6.13. The molecule has 0 unspecified atom stereocenters. The lowest BCUT2D eigenvalue weighted by atomic mass is 10.0. The van der Waals surface area contributed by atoms with Gasteiger partial charge in [-0.3, -0.25) is 4.79 Å². The Bertz CT molecular complexity index is 942. The molecule has 0 spiro atoms. The monoisotopic (exact) mass is 307 g/mol. The average Bonchev–Trinajstić information content (AvgIpc) is 3.05. The van der Waals surface area contributed by atoms with Crippen molar-refractivity contribution in [2.24, 2.45) is 5.73 Å². The molecule has 0 radical (unpaired) electrons. The van der Waals surface area contributed by atoms with Gasteiger partial charge in [-0.1, -0.05) is 18.2 Å². The van der Waals surface area contributed by atoms with Crippen molar-refractivity contribution in [2.75, 3.05) is 0 Å². The van der Waals surface area contributed by atoms with Crippen molar-refractivity contribution in [3.05, 3.63) is 65.9 Å². The summed E-state index contributed by atoms with van der Waals surface area (Å²) in [5.74, 6) is -0.720. The third-order valence-electron chi connectivity index (χ3n) is 3.25. The van der Waals surface area contributed by atoms with Gasteiger partial charge in [0.1, 0.15) is 11.9 Å². The van der Waals surface area contributed by atoms with Gasteiger partial charge in [0.05, 0.1) is 11.8 Å². The van der Waals surface area contributed by atoms with E-state index in [4.69, 9.17) is 5.73 Å². The molecule has 0 fully saturated rings. The van der Waals surface area contributed by atoms with E-state index in [1.54, 1.807) is 30.3 Å². The standard InChI is InChI=1S/C16H10FN5O/c17-13-4-2-1-3-11(13)12-5-6-15(21-14(12)7-18)22-9-10(8-20-22)16(19)23/h1-6,8-9H,(H2,19,23). The lowest BCUT2D eigenvalue weighted by Crippen LogP contribution is -2.09. The molecule has 0 bridgehead atoms. The number of nitrogens with zero attached hydrogens (tertiary/aromatic N) is 4. The van der Waals surface area contributed by atoms with Crippen molar-refractivity contribution in [3.63, 3.8) is 0 Å².